The van der Waals surface area contributed by atoms with E-state index in [-0.39, 0.29) is 11.9 Å². The zero-order valence-corrected chi connectivity index (χ0v) is 16.9. The number of furan rings is 1. The second-order valence-corrected chi connectivity index (χ2v) is 7.66. The number of pyridine rings is 1. The van der Waals surface area contributed by atoms with Gasteiger partial charge in [0.05, 0.1) is 18.0 Å². The molecule has 4 heterocycles. The van der Waals surface area contributed by atoms with E-state index in [2.05, 4.69) is 10.1 Å². The zero-order chi connectivity index (χ0) is 20.5. The predicted molar refractivity (Wildman–Crippen MR) is 114 cm³/mol. The molecular formula is C23H19ClN4O2. The highest BCUT2D eigenvalue weighted by Crippen LogP contribution is 2.33. The molecule has 150 valence electrons. The van der Waals surface area contributed by atoms with E-state index in [9.17, 15) is 4.79 Å². The lowest BCUT2D eigenvalue weighted by Crippen LogP contribution is -2.31. The first kappa shape index (κ1) is 18.6. The second kappa shape index (κ2) is 7.80. The Labute approximate surface area is 178 Å². The summed E-state index contributed by atoms with van der Waals surface area (Å²) in [6, 6.07) is 16.7. The third-order valence-electron chi connectivity index (χ3n) is 5.36. The van der Waals surface area contributed by atoms with Crippen LogP contribution in [0.5, 0.6) is 0 Å². The summed E-state index contributed by atoms with van der Waals surface area (Å²) in [5.41, 5.74) is 2.94. The van der Waals surface area contributed by atoms with Crippen LogP contribution >= 0.6 is 11.6 Å². The van der Waals surface area contributed by atoms with Gasteiger partial charge in [0, 0.05) is 30.0 Å². The molecule has 1 saturated heterocycles. The lowest BCUT2D eigenvalue weighted by molar-refractivity contribution is 0.0729. The van der Waals surface area contributed by atoms with Crippen molar-refractivity contribution in [2.75, 3.05) is 6.54 Å². The molecule has 0 bridgehead atoms. The van der Waals surface area contributed by atoms with Gasteiger partial charge in [-0.1, -0.05) is 17.7 Å². The van der Waals surface area contributed by atoms with E-state index in [0.717, 1.165) is 24.1 Å². The number of nitrogens with zero attached hydrogens (tertiary/aromatic N) is 4. The van der Waals surface area contributed by atoms with Crippen molar-refractivity contribution in [3.63, 3.8) is 0 Å². The lowest BCUT2D eigenvalue weighted by Gasteiger charge is -2.24. The molecule has 1 aromatic carbocycles. The zero-order valence-electron chi connectivity index (χ0n) is 16.1. The molecule has 0 aliphatic carbocycles. The van der Waals surface area contributed by atoms with Crippen LogP contribution in [0.4, 0.5) is 0 Å². The maximum Gasteiger partial charge on any atom is 0.274 e. The van der Waals surface area contributed by atoms with Crippen LogP contribution in [0.15, 0.2) is 77.7 Å². The van der Waals surface area contributed by atoms with Gasteiger partial charge in [0.2, 0.25) is 0 Å². The number of rotatable bonds is 4. The van der Waals surface area contributed by atoms with Crippen LogP contribution in [0, 0.1) is 0 Å². The van der Waals surface area contributed by atoms with Crippen molar-refractivity contribution in [3.8, 4) is 17.1 Å². The summed E-state index contributed by atoms with van der Waals surface area (Å²) in [5.74, 6) is 0.545. The van der Waals surface area contributed by atoms with Gasteiger partial charge in [-0.05, 0) is 60.9 Å². The molecule has 1 aliphatic heterocycles. The van der Waals surface area contributed by atoms with Crippen molar-refractivity contribution >= 4 is 17.5 Å². The first-order valence-corrected chi connectivity index (χ1v) is 10.2. The molecule has 6 nitrogen and oxygen atoms in total. The van der Waals surface area contributed by atoms with Gasteiger partial charge >= 0.3 is 0 Å². The average Bonchev–Trinajstić information content (AvgIpc) is 3.54. The number of hydrogen-bond acceptors (Lipinski definition) is 4. The monoisotopic (exact) mass is 418 g/mol. The summed E-state index contributed by atoms with van der Waals surface area (Å²) in [5, 5.41) is 5.28. The van der Waals surface area contributed by atoms with Gasteiger partial charge in [0.15, 0.2) is 11.5 Å². The van der Waals surface area contributed by atoms with Gasteiger partial charge < -0.3 is 9.32 Å². The molecule has 0 spiro atoms. The molecule has 1 fully saturated rings. The summed E-state index contributed by atoms with van der Waals surface area (Å²) in [6.45, 7) is 0.697. The maximum atomic E-state index is 13.4. The van der Waals surface area contributed by atoms with Gasteiger partial charge in [0.1, 0.15) is 5.69 Å². The summed E-state index contributed by atoms with van der Waals surface area (Å²) >= 11 is 6.04. The van der Waals surface area contributed by atoms with Crippen molar-refractivity contribution in [1.82, 2.24) is 19.7 Å². The summed E-state index contributed by atoms with van der Waals surface area (Å²) in [4.78, 5) is 19.5. The highest BCUT2D eigenvalue weighted by molar-refractivity contribution is 6.30. The highest BCUT2D eigenvalue weighted by Gasteiger charge is 2.32. The molecule has 0 N–H and O–H groups in total. The Bertz CT molecular complexity index is 1150. The van der Waals surface area contributed by atoms with Crippen LogP contribution in [0.3, 0.4) is 0 Å². The number of benzene rings is 1. The minimum atomic E-state index is -0.0955. The third kappa shape index (κ3) is 3.39. The Balaban J connectivity index is 1.54. The van der Waals surface area contributed by atoms with Crippen molar-refractivity contribution in [2.24, 2.45) is 0 Å². The van der Waals surface area contributed by atoms with Crippen LogP contribution in [0.25, 0.3) is 17.1 Å². The molecule has 0 saturated carbocycles. The second-order valence-electron chi connectivity index (χ2n) is 7.22. The topological polar surface area (TPSA) is 64.2 Å². The van der Waals surface area contributed by atoms with Gasteiger partial charge in [-0.2, -0.15) is 5.10 Å². The fourth-order valence-electron chi connectivity index (χ4n) is 3.94. The van der Waals surface area contributed by atoms with Crippen LogP contribution in [-0.2, 0) is 0 Å². The van der Waals surface area contributed by atoms with E-state index < -0.39 is 0 Å². The molecule has 4 aromatic rings. The average molecular weight is 419 g/mol. The van der Waals surface area contributed by atoms with E-state index in [0.29, 0.717) is 28.7 Å². The van der Waals surface area contributed by atoms with E-state index in [1.165, 1.54) is 0 Å². The molecule has 1 unspecified atom stereocenters. The fourth-order valence-corrected chi connectivity index (χ4v) is 4.07. The van der Waals surface area contributed by atoms with Crippen LogP contribution in [0.2, 0.25) is 5.02 Å². The molecule has 3 aromatic heterocycles. The summed E-state index contributed by atoms with van der Waals surface area (Å²) in [6.07, 6.45) is 7.05. The smallest absolute Gasteiger partial charge is 0.274 e. The highest BCUT2D eigenvalue weighted by atomic mass is 35.5. The molecule has 30 heavy (non-hydrogen) atoms. The number of carbonyl (C=O) groups excluding carboxylic acids is 1. The maximum absolute atomic E-state index is 13.4. The van der Waals surface area contributed by atoms with Crippen LogP contribution < -0.4 is 0 Å². The molecule has 1 aliphatic rings. The third-order valence-corrected chi connectivity index (χ3v) is 5.61. The van der Waals surface area contributed by atoms with Crippen molar-refractivity contribution in [1.29, 1.82) is 0 Å². The van der Waals surface area contributed by atoms with Crippen LogP contribution in [0.1, 0.15) is 34.9 Å². The Hall–Kier alpha value is -3.38. The van der Waals surface area contributed by atoms with Crippen molar-refractivity contribution in [2.45, 2.75) is 18.9 Å². The molecule has 5 rings (SSSR count). The van der Waals surface area contributed by atoms with E-state index in [1.807, 2.05) is 47.5 Å². The number of likely N-dealkylation sites (tertiary alicyclic amines) is 1. The first-order valence-electron chi connectivity index (χ1n) is 9.81. The molecule has 0 radical (unpaired) electrons. The number of amides is 1. The van der Waals surface area contributed by atoms with Crippen molar-refractivity contribution in [3.05, 3.63) is 89.5 Å². The summed E-state index contributed by atoms with van der Waals surface area (Å²) < 4.78 is 7.31. The number of hydrogen-bond donors (Lipinski definition) is 0. The molecule has 1 amide bonds. The Morgan fingerprint density at radius 2 is 2.00 bits per heavy atom. The lowest BCUT2D eigenvalue weighted by atomic mass is 10.1. The predicted octanol–water partition coefficient (Wildman–Crippen LogP) is 5.16. The standard InChI is InChI=1S/C23H19ClN4O2/c24-17-7-9-18(10-8-17)28-21(22-6-3-13-30-22)14-19(26-28)23(29)27-12-2-5-20(27)16-4-1-11-25-15-16/h1,3-4,6-11,13-15,20H,2,5,12H2. The SMILES string of the molecule is O=C(c1cc(-c2ccco2)n(-c2ccc(Cl)cc2)n1)N1CCCC1c1cccnc1. The Morgan fingerprint density at radius 1 is 1.13 bits per heavy atom. The minimum Gasteiger partial charge on any atom is -0.463 e. The number of halogens is 1. The van der Waals surface area contributed by atoms with E-state index in [4.69, 9.17) is 16.0 Å². The largest absolute Gasteiger partial charge is 0.463 e. The molecule has 1 atom stereocenters. The van der Waals surface area contributed by atoms with E-state index in [1.54, 1.807) is 35.3 Å². The van der Waals surface area contributed by atoms with Crippen LogP contribution in [-0.4, -0.2) is 32.1 Å². The van der Waals surface area contributed by atoms with Gasteiger partial charge in [0.25, 0.3) is 5.91 Å². The van der Waals surface area contributed by atoms with Gasteiger partial charge in [-0.15, -0.1) is 0 Å². The van der Waals surface area contributed by atoms with Gasteiger partial charge in [-0.3, -0.25) is 9.78 Å². The molecule has 7 heteroatoms. The quantitative estimate of drug-likeness (QED) is 0.459. The number of aromatic nitrogens is 3. The molecular weight excluding hydrogens is 400 g/mol. The Morgan fingerprint density at radius 3 is 2.73 bits per heavy atom. The fraction of sp³-hybridized carbons (Fsp3) is 0.174. The van der Waals surface area contributed by atoms with E-state index >= 15 is 0 Å². The van der Waals surface area contributed by atoms with Crippen molar-refractivity contribution < 1.29 is 9.21 Å². The van der Waals surface area contributed by atoms with Gasteiger partial charge in [-0.25, -0.2) is 4.68 Å². The minimum absolute atomic E-state index is 0.0129. The number of carbonyl (C=O) groups is 1. The first-order chi connectivity index (χ1) is 14.7. The normalized spacial score (nSPS) is 16.2. The summed E-state index contributed by atoms with van der Waals surface area (Å²) in [7, 11) is 0. The Kier molecular flexibility index (Phi) is 4.85.